The number of rotatable bonds is 4. The van der Waals surface area contributed by atoms with E-state index in [-0.39, 0.29) is 18.3 Å². The second kappa shape index (κ2) is 6.34. The fourth-order valence-electron chi connectivity index (χ4n) is 2.23. The molecule has 1 amide bonds. The van der Waals surface area contributed by atoms with Crippen molar-refractivity contribution in [2.75, 3.05) is 26.2 Å². The van der Waals surface area contributed by atoms with Crippen molar-refractivity contribution in [2.45, 2.75) is 12.6 Å². The standard InChI is InChI=1S/C14H17F3N2O2/c15-14(16,17)11-1-3-12(4-2-11)21-9-13(20)19-6-5-10(7-18)8-19/h1-4,10H,5-9,18H2. The van der Waals surface area contributed by atoms with Crippen LogP contribution in [0, 0.1) is 5.92 Å². The number of likely N-dealkylation sites (tertiary alicyclic amines) is 1. The summed E-state index contributed by atoms with van der Waals surface area (Å²) in [5, 5.41) is 0. The molecular formula is C14H17F3N2O2. The van der Waals surface area contributed by atoms with Crippen molar-refractivity contribution >= 4 is 5.91 Å². The molecule has 0 aliphatic carbocycles. The van der Waals surface area contributed by atoms with Crippen LogP contribution in [-0.4, -0.2) is 37.0 Å². The second-order valence-electron chi connectivity index (χ2n) is 5.04. The molecule has 1 saturated heterocycles. The molecule has 0 radical (unpaired) electrons. The Bertz CT molecular complexity index is 488. The number of benzene rings is 1. The minimum atomic E-state index is -4.37. The fourth-order valence-corrected chi connectivity index (χ4v) is 2.23. The molecule has 0 saturated carbocycles. The molecule has 1 heterocycles. The number of carbonyl (C=O) groups is 1. The molecule has 1 aromatic carbocycles. The molecule has 2 N–H and O–H groups in total. The van der Waals surface area contributed by atoms with Gasteiger partial charge in [0.25, 0.3) is 5.91 Å². The van der Waals surface area contributed by atoms with Crippen molar-refractivity contribution in [3.05, 3.63) is 29.8 Å². The maximum atomic E-state index is 12.4. The Labute approximate surface area is 120 Å². The van der Waals surface area contributed by atoms with E-state index in [9.17, 15) is 18.0 Å². The number of nitrogens with two attached hydrogens (primary N) is 1. The lowest BCUT2D eigenvalue weighted by atomic mass is 10.1. The Morgan fingerprint density at radius 3 is 2.52 bits per heavy atom. The largest absolute Gasteiger partial charge is 0.484 e. The maximum Gasteiger partial charge on any atom is 0.416 e. The van der Waals surface area contributed by atoms with Crippen LogP contribution >= 0.6 is 0 Å². The Kier molecular flexibility index (Phi) is 4.72. The zero-order chi connectivity index (χ0) is 15.5. The van der Waals surface area contributed by atoms with Crippen molar-refractivity contribution in [3.8, 4) is 5.75 Å². The lowest BCUT2D eigenvalue weighted by molar-refractivity contribution is -0.137. The zero-order valence-electron chi connectivity index (χ0n) is 11.4. The molecule has 0 bridgehead atoms. The van der Waals surface area contributed by atoms with E-state index >= 15 is 0 Å². The summed E-state index contributed by atoms with van der Waals surface area (Å²) in [5.41, 5.74) is 4.81. The van der Waals surface area contributed by atoms with Crippen LogP contribution < -0.4 is 10.5 Å². The molecular weight excluding hydrogens is 285 g/mol. The molecule has 1 atom stereocenters. The molecule has 7 heteroatoms. The highest BCUT2D eigenvalue weighted by atomic mass is 19.4. The zero-order valence-corrected chi connectivity index (χ0v) is 11.4. The highest BCUT2D eigenvalue weighted by Crippen LogP contribution is 2.30. The molecule has 1 aliphatic heterocycles. The average molecular weight is 302 g/mol. The van der Waals surface area contributed by atoms with Gasteiger partial charge >= 0.3 is 6.18 Å². The van der Waals surface area contributed by atoms with E-state index < -0.39 is 11.7 Å². The predicted molar refractivity (Wildman–Crippen MR) is 70.7 cm³/mol. The lowest BCUT2D eigenvalue weighted by Gasteiger charge is -2.16. The summed E-state index contributed by atoms with van der Waals surface area (Å²) in [5.74, 6) is 0.386. The summed E-state index contributed by atoms with van der Waals surface area (Å²) in [6.07, 6.45) is -3.50. The van der Waals surface area contributed by atoms with Gasteiger partial charge in [-0.15, -0.1) is 0 Å². The van der Waals surface area contributed by atoms with E-state index in [0.29, 0.717) is 25.6 Å². The monoisotopic (exact) mass is 302 g/mol. The average Bonchev–Trinajstić information content (AvgIpc) is 2.93. The minimum Gasteiger partial charge on any atom is -0.484 e. The summed E-state index contributed by atoms with van der Waals surface area (Å²) in [6, 6.07) is 4.28. The number of nitrogens with zero attached hydrogens (tertiary/aromatic N) is 1. The van der Waals surface area contributed by atoms with Crippen LogP contribution in [0.2, 0.25) is 0 Å². The van der Waals surface area contributed by atoms with E-state index in [2.05, 4.69) is 0 Å². The van der Waals surface area contributed by atoms with Gasteiger partial charge in [0, 0.05) is 13.1 Å². The SMILES string of the molecule is NCC1CCN(C(=O)COc2ccc(C(F)(F)F)cc2)C1. The van der Waals surface area contributed by atoms with Crippen molar-refractivity contribution in [2.24, 2.45) is 11.7 Å². The van der Waals surface area contributed by atoms with Gasteiger partial charge in [0.2, 0.25) is 0 Å². The number of halogens is 3. The fraction of sp³-hybridized carbons (Fsp3) is 0.500. The van der Waals surface area contributed by atoms with Gasteiger partial charge in [-0.1, -0.05) is 0 Å². The van der Waals surface area contributed by atoms with Gasteiger partial charge in [0.05, 0.1) is 5.56 Å². The number of carbonyl (C=O) groups excluding carboxylic acids is 1. The first kappa shape index (κ1) is 15.6. The first-order valence-corrected chi connectivity index (χ1v) is 6.68. The molecule has 1 aliphatic rings. The van der Waals surface area contributed by atoms with Crippen molar-refractivity contribution in [3.63, 3.8) is 0 Å². The Hall–Kier alpha value is -1.76. The third-order valence-corrected chi connectivity index (χ3v) is 3.52. The van der Waals surface area contributed by atoms with Crippen LogP contribution in [0.15, 0.2) is 24.3 Å². The van der Waals surface area contributed by atoms with Gasteiger partial charge in [-0.2, -0.15) is 13.2 Å². The molecule has 116 valence electrons. The van der Waals surface area contributed by atoms with Crippen LogP contribution in [-0.2, 0) is 11.0 Å². The molecule has 1 unspecified atom stereocenters. The number of ether oxygens (including phenoxy) is 1. The summed E-state index contributed by atoms with van der Waals surface area (Å²) in [4.78, 5) is 13.6. The van der Waals surface area contributed by atoms with Crippen LogP contribution in [0.1, 0.15) is 12.0 Å². The number of alkyl halides is 3. The first-order chi connectivity index (χ1) is 9.90. The van der Waals surface area contributed by atoms with Crippen molar-refractivity contribution in [1.29, 1.82) is 0 Å². The van der Waals surface area contributed by atoms with Crippen LogP contribution in [0.5, 0.6) is 5.75 Å². The first-order valence-electron chi connectivity index (χ1n) is 6.68. The third kappa shape index (κ3) is 4.10. The summed E-state index contributed by atoms with van der Waals surface area (Å²) >= 11 is 0. The van der Waals surface area contributed by atoms with E-state index in [0.717, 1.165) is 18.6 Å². The third-order valence-electron chi connectivity index (χ3n) is 3.52. The highest BCUT2D eigenvalue weighted by molar-refractivity contribution is 5.78. The van der Waals surface area contributed by atoms with Crippen LogP contribution in [0.25, 0.3) is 0 Å². The molecule has 1 aromatic rings. The number of hydrogen-bond acceptors (Lipinski definition) is 3. The quantitative estimate of drug-likeness (QED) is 0.924. The van der Waals surface area contributed by atoms with Crippen LogP contribution in [0.3, 0.4) is 0 Å². The highest BCUT2D eigenvalue weighted by Gasteiger charge is 2.30. The maximum absolute atomic E-state index is 12.4. The van der Waals surface area contributed by atoms with E-state index in [1.54, 1.807) is 4.90 Å². The van der Waals surface area contributed by atoms with Crippen LogP contribution in [0.4, 0.5) is 13.2 Å². The van der Waals surface area contributed by atoms with Crippen molar-refractivity contribution in [1.82, 2.24) is 4.90 Å². The topological polar surface area (TPSA) is 55.6 Å². The lowest BCUT2D eigenvalue weighted by Crippen LogP contribution is -2.33. The van der Waals surface area contributed by atoms with E-state index in [4.69, 9.17) is 10.5 Å². The minimum absolute atomic E-state index is 0.175. The molecule has 0 aromatic heterocycles. The van der Waals surface area contributed by atoms with E-state index in [1.165, 1.54) is 12.1 Å². The number of hydrogen-bond donors (Lipinski definition) is 1. The molecule has 2 rings (SSSR count). The molecule has 21 heavy (non-hydrogen) atoms. The predicted octanol–water partition coefficient (Wildman–Crippen LogP) is 1.89. The van der Waals surface area contributed by atoms with Gasteiger partial charge in [0.1, 0.15) is 5.75 Å². The number of amides is 1. The van der Waals surface area contributed by atoms with Gasteiger partial charge in [-0.3, -0.25) is 4.79 Å². The Balaban J connectivity index is 1.84. The molecule has 1 fully saturated rings. The second-order valence-corrected chi connectivity index (χ2v) is 5.04. The Morgan fingerprint density at radius 1 is 1.33 bits per heavy atom. The van der Waals surface area contributed by atoms with Gasteiger partial charge < -0.3 is 15.4 Å². The summed E-state index contributed by atoms with van der Waals surface area (Å²) < 4.78 is 42.4. The summed E-state index contributed by atoms with van der Waals surface area (Å²) in [6.45, 7) is 1.63. The van der Waals surface area contributed by atoms with Gasteiger partial charge in [0.15, 0.2) is 6.61 Å². The Morgan fingerprint density at radius 2 is 2.00 bits per heavy atom. The van der Waals surface area contributed by atoms with Gasteiger partial charge in [-0.05, 0) is 43.1 Å². The van der Waals surface area contributed by atoms with Gasteiger partial charge in [-0.25, -0.2) is 0 Å². The normalized spacial score (nSPS) is 18.9. The molecule has 0 spiro atoms. The van der Waals surface area contributed by atoms with E-state index in [1.807, 2.05) is 0 Å². The smallest absolute Gasteiger partial charge is 0.416 e. The summed E-state index contributed by atoms with van der Waals surface area (Å²) in [7, 11) is 0. The molecule has 4 nitrogen and oxygen atoms in total. The van der Waals surface area contributed by atoms with Crippen molar-refractivity contribution < 1.29 is 22.7 Å².